The Bertz CT molecular complexity index is 3480. The van der Waals surface area contributed by atoms with Crippen LogP contribution >= 0.6 is 11.8 Å². The van der Waals surface area contributed by atoms with Gasteiger partial charge in [-0.1, -0.05) is 229 Å². The molecule has 0 radical (unpaired) electrons. The van der Waals surface area contributed by atoms with Gasteiger partial charge in [-0.2, -0.15) is 0 Å². The molecular formula is C62H52BNSSi. The summed E-state index contributed by atoms with van der Waals surface area (Å²) in [5.41, 5.74) is 16.2. The molecule has 0 atom stereocenters. The molecular weight excluding hydrogens is 830 g/mol. The highest BCUT2D eigenvalue weighted by Crippen LogP contribution is 2.48. The predicted molar refractivity (Wildman–Crippen MR) is 287 cm³/mol. The average Bonchev–Trinajstić information content (AvgIpc) is 3.64. The number of anilines is 3. The van der Waals surface area contributed by atoms with Crippen LogP contribution in [0.2, 0.25) is 0 Å². The third-order valence-corrected chi connectivity index (χ3v) is 20.3. The largest absolute Gasteiger partial charge is 0.311 e. The number of benzene rings is 9. The van der Waals surface area contributed by atoms with Crippen LogP contribution in [0.3, 0.4) is 0 Å². The van der Waals surface area contributed by atoms with Gasteiger partial charge in [0.15, 0.2) is 8.07 Å². The van der Waals surface area contributed by atoms with E-state index in [9.17, 15) is 0 Å². The molecule has 0 aromatic heterocycles. The number of rotatable bonds is 5. The van der Waals surface area contributed by atoms with Gasteiger partial charge in [-0.3, -0.25) is 0 Å². The number of nitrogens with zero attached hydrogens (tertiary/aromatic N) is 1. The van der Waals surface area contributed by atoms with Crippen LogP contribution in [0.5, 0.6) is 0 Å². The molecule has 0 N–H and O–H groups in total. The summed E-state index contributed by atoms with van der Waals surface area (Å²) in [7, 11) is -2.88. The van der Waals surface area contributed by atoms with Gasteiger partial charge in [-0.05, 0) is 118 Å². The molecule has 3 aliphatic rings. The fourth-order valence-electron chi connectivity index (χ4n) is 11.1. The minimum atomic E-state index is -2.88. The fraction of sp³-hybridized carbons (Fsp3) is 0.129. The normalized spacial score (nSPS) is 14.8. The highest BCUT2D eigenvalue weighted by atomic mass is 32.2. The molecule has 3 heterocycles. The minimum absolute atomic E-state index is 0.0551. The van der Waals surface area contributed by atoms with E-state index in [2.05, 4.69) is 222 Å². The summed E-state index contributed by atoms with van der Waals surface area (Å²) in [6, 6.07) is 70.3. The van der Waals surface area contributed by atoms with Crippen LogP contribution in [0, 0.1) is 0 Å². The van der Waals surface area contributed by atoms with Crippen molar-refractivity contribution in [3.05, 3.63) is 217 Å². The second-order valence-corrected chi connectivity index (χ2v) is 25.1. The Balaban J connectivity index is 1.25. The lowest BCUT2D eigenvalue weighted by atomic mass is 9.34. The Kier molecular flexibility index (Phi) is 8.68. The Morgan fingerprint density at radius 2 is 1.06 bits per heavy atom. The van der Waals surface area contributed by atoms with Crippen molar-refractivity contribution in [2.75, 3.05) is 4.90 Å². The van der Waals surface area contributed by atoms with Crippen LogP contribution < -0.4 is 42.0 Å². The zero-order valence-corrected chi connectivity index (χ0v) is 40.1. The zero-order valence-electron chi connectivity index (χ0n) is 41.3. The van der Waals surface area contributed by atoms with E-state index in [1.807, 2.05) is 11.8 Å². The van der Waals surface area contributed by atoms with E-state index in [1.54, 1.807) is 12.1 Å². The van der Waals surface area contributed by atoms with E-state index in [1.165, 1.54) is 64.3 Å². The van der Waals surface area contributed by atoms with Gasteiger partial charge in [-0.25, -0.2) is 0 Å². The van der Waals surface area contributed by atoms with Gasteiger partial charge in [0.1, 0.15) is 0 Å². The van der Waals surface area contributed by atoms with Crippen LogP contribution in [0.4, 0.5) is 17.1 Å². The Hall–Kier alpha value is -6.59. The van der Waals surface area contributed by atoms with Crippen molar-refractivity contribution in [2.24, 2.45) is 0 Å². The molecule has 0 saturated carbocycles. The first-order chi connectivity index (χ1) is 33.2. The first-order valence-electron chi connectivity index (χ1n) is 24.7. The maximum absolute atomic E-state index is 8.78. The van der Waals surface area contributed by atoms with E-state index >= 15 is 0 Å². The van der Waals surface area contributed by atoms with Crippen molar-refractivity contribution in [1.82, 2.24) is 0 Å². The molecule has 9 aromatic rings. The monoisotopic (exact) mass is 884 g/mol. The summed E-state index contributed by atoms with van der Waals surface area (Å²) in [4.78, 5) is 4.96. The first-order valence-corrected chi connectivity index (χ1v) is 26.0. The summed E-state index contributed by atoms with van der Waals surface area (Å²) in [5.74, 6) is 0. The molecule has 0 spiro atoms. The SMILES string of the molecule is [2H]c1cc(-c2cc3c4c(c2)N(c2ccc(C(C)(C)C)cc2-c2ccccc2)c2cc5c(cc2B4c2cc(C(C)(C)C)ccc2S3)[Si](c2ccccc2)(c2ccccc2)c2ccccc2-5)cc([2H])c1[2H]. The Morgan fingerprint density at radius 1 is 0.439 bits per heavy atom. The molecule has 9 aromatic carbocycles. The smallest absolute Gasteiger partial charge is 0.249 e. The van der Waals surface area contributed by atoms with E-state index < -0.39 is 8.07 Å². The fourth-order valence-corrected chi connectivity index (χ4v) is 17.5. The topological polar surface area (TPSA) is 3.24 Å². The summed E-state index contributed by atoms with van der Waals surface area (Å²) < 4.78 is 26.0. The molecule has 318 valence electrons. The molecule has 0 bridgehead atoms. The van der Waals surface area contributed by atoms with Crippen LogP contribution in [-0.2, 0) is 10.8 Å². The molecule has 66 heavy (non-hydrogen) atoms. The molecule has 0 aliphatic carbocycles. The molecule has 0 amide bonds. The number of hydrogen-bond donors (Lipinski definition) is 0. The lowest BCUT2D eigenvalue weighted by Crippen LogP contribution is -2.73. The highest BCUT2D eigenvalue weighted by molar-refractivity contribution is 8.00. The van der Waals surface area contributed by atoms with Gasteiger partial charge in [0, 0.05) is 26.7 Å². The maximum Gasteiger partial charge on any atom is 0.249 e. The second-order valence-electron chi connectivity index (χ2n) is 20.3. The molecule has 0 unspecified atom stereocenters. The zero-order chi connectivity index (χ0) is 47.6. The highest BCUT2D eigenvalue weighted by Gasteiger charge is 2.51. The second kappa shape index (κ2) is 15.2. The maximum atomic E-state index is 8.78. The Labute approximate surface area is 400 Å². The third kappa shape index (κ3) is 6.29. The number of hydrogen-bond acceptors (Lipinski definition) is 2. The lowest BCUT2D eigenvalue weighted by molar-refractivity contribution is 0.590. The van der Waals surface area contributed by atoms with Gasteiger partial charge in [-0.15, -0.1) is 0 Å². The van der Waals surface area contributed by atoms with Crippen molar-refractivity contribution in [3.8, 4) is 33.4 Å². The molecule has 1 nitrogen and oxygen atoms in total. The Morgan fingerprint density at radius 3 is 1.74 bits per heavy atom. The molecule has 0 fully saturated rings. The molecule has 12 rings (SSSR count). The van der Waals surface area contributed by atoms with Crippen molar-refractivity contribution in [1.29, 1.82) is 0 Å². The summed E-state index contributed by atoms with van der Waals surface area (Å²) >= 11 is 1.83. The number of fused-ring (bicyclic) bond motifs is 7. The van der Waals surface area contributed by atoms with Gasteiger partial charge in [0.2, 0.25) is 6.71 Å². The quantitative estimate of drug-likeness (QED) is 0.158. The van der Waals surface area contributed by atoms with Crippen LogP contribution in [0.15, 0.2) is 216 Å². The summed E-state index contributed by atoms with van der Waals surface area (Å²) in [5, 5.41) is 5.58. The first kappa shape index (κ1) is 37.6. The van der Waals surface area contributed by atoms with E-state index in [-0.39, 0.29) is 35.7 Å². The van der Waals surface area contributed by atoms with Crippen LogP contribution in [0.1, 0.15) is 56.8 Å². The summed E-state index contributed by atoms with van der Waals surface area (Å²) in [6.45, 7) is 13.7. The van der Waals surface area contributed by atoms with Crippen molar-refractivity contribution in [3.63, 3.8) is 0 Å². The average molecular weight is 885 g/mol. The van der Waals surface area contributed by atoms with E-state index in [0.29, 0.717) is 0 Å². The predicted octanol–water partition coefficient (Wildman–Crippen LogP) is 11.7. The summed E-state index contributed by atoms with van der Waals surface area (Å²) in [6.07, 6.45) is 0. The van der Waals surface area contributed by atoms with Crippen molar-refractivity contribution < 1.29 is 4.11 Å². The minimum Gasteiger partial charge on any atom is -0.311 e. The van der Waals surface area contributed by atoms with Crippen LogP contribution in [0.25, 0.3) is 33.4 Å². The van der Waals surface area contributed by atoms with E-state index in [0.717, 1.165) is 44.2 Å². The van der Waals surface area contributed by atoms with Gasteiger partial charge in [0.25, 0.3) is 0 Å². The molecule has 4 heteroatoms. The standard InChI is InChI=1S/C62H52BNSSi/c1-61(2,3)44-31-33-53(49(37-44)42-23-13-8-14-24-42)64-54-39-50-48-29-19-20-30-58(48)66(46-25-15-9-16-26-46,47-27-17-10-18-28-47)59(50)40-51(54)63-52-38-45(62(4,5)6)32-34-56(52)65-57-36-43(35-55(64)60(57)63)41-21-11-7-12-22-41/h7-40H,1-6H3/i7D,11D,12D. The van der Waals surface area contributed by atoms with Crippen molar-refractivity contribution >= 4 is 80.7 Å². The van der Waals surface area contributed by atoms with Crippen molar-refractivity contribution in [2.45, 2.75) is 62.2 Å². The van der Waals surface area contributed by atoms with Gasteiger partial charge >= 0.3 is 0 Å². The van der Waals surface area contributed by atoms with Gasteiger partial charge in [0.05, 0.1) is 9.80 Å². The van der Waals surface area contributed by atoms with E-state index in [4.69, 9.17) is 4.11 Å². The third-order valence-electron chi connectivity index (χ3n) is 14.3. The van der Waals surface area contributed by atoms with Gasteiger partial charge < -0.3 is 4.90 Å². The lowest BCUT2D eigenvalue weighted by Gasteiger charge is -2.42. The molecule has 3 aliphatic heterocycles. The molecule has 0 saturated heterocycles. The van der Waals surface area contributed by atoms with Crippen LogP contribution in [-0.4, -0.2) is 14.8 Å².